The highest BCUT2D eigenvalue weighted by molar-refractivity contribution is 5.84. The van der Waals surface area contributed by atoms with E-state index in [2.05, 4.69) is 10.1 Å². The lowest BCUT2D eigenvalue weighted by Gasteiger charge is -2.25. The van der Waals surface area contributed by atoms with Crippen molar-refractivity contribution in [1.82, 2.24) is 5.32 Å². The summed E-state index contributed by atoms with van der Waals surface area (Å²) in [6.45, 7) is 3.56. The van der Waals surface area contributed by atoms with Crippen LogP contribution < -0.4 is 11.1 Å². The van der Waals surface area contributed by atoms with Crippen molar-refractivity contribution in [1.29, 1.82) is 0 Å². The summed E-state index contributed by atoms with van der Waals surface area (Å²) in [6, 6.07) is 0. The molecule has 2 amide bonds. The molecule has 0 saturated heterocycles. The number of carboxylic acids is 1. The van der Waals surface area contributed by atoms with Gasteiger partial charge in [-0.2, -0.15) is 0 Å². The summed E-state index contributed by atoms with van der Waals surface area (Å²) < 4.78 is 4.43. The molecular weight excluding hydrogens is 240 g/mol. The van der Waals surface area contributed by atoms with Crippen LogP contribution in [0.3, 0.4) is 0 Å². The predicted molar refractivity (Wildman–Crippen MR) is 63.8 cm³/mol. The van der Waals surface area contributed by atoms with Gasteiger partial charge in [0, 0.05) is 6.42 Å². The van der Waals surface area contributed by atoms with Crippen LogP contribution in [0.25, 0.3) is 0 Å². The van der Waals surface area contributed by atoms with Crippen molar-refractivity contribution in [2.45, 2.75) is 33.1 Å². The van der Waals surface area contributed by atoms with Crippen LogP contribution in [-0.4, -0.2) is 36.2 Å². The van der Waals surface area contributed by atoms with E-state index < -0.39 is 17.5 Å². The highest BCUT2D eigenvalue weighted by Gasteiger charge is 2.36. The molecule has 0 bridgehead atoms. The van der Waals surface area contributed by atoms with Gasteiger partial charge in [-0.3, -0.25) is 9.59 Å². The van der Waals surface area contributed by atoms with Crippen molar-refractivity contribution in [3.8, 4) is 0 Å². The molecule has 0 aromatic rings. The average molecular weight is 260 g/mol. The minimum absolute atomic E-state index is 0.0284. The smallest absolute Gasteiger partial charge is 0.404 e. The largest absolute Gasteiger partial charge is 0.481 e. The molecule has 0 aromatic carbocycles. The Morgan fingerprint density at radius 3 is 2.22 bits per heavy atom. The normalized spacial score (nSPS) is 10.8. The summed E-state index contributed by atoms with van der Waals surface area (Å²) in [5, 5.41) is 11.6. The van der Waals surface area contributed by atoms with E-state index in [1.165, 1.54) is 0 Å². The lowest BCUT2D eigenvalue weighted by Crippen LogP contribution is -2.38. The zero-order valence-electron chi connectivity index (χ0n) is 10.7. The van der Waals surface area contributed by atoms with Crippen LogP contribution in [0.15, 0.2) is 0 Å². The fourth-order valence-electron chi connectivity index (χ4n) is 1.59. The van der Waals surface area contributed by atoms with Crippen LogP contribution in [0, 0.1) is 5.41 Å². The third kappa shape index (κ3) is 5.03. The molecule has 0 aromatic heterocycles. The minimum atomic E-state index is -1.03. The number of carboxylic acid groups (broad SMARTS) is 1. The molecule has 0 radical (unpaired) electrons. The second-order valence-corrected chi connectivity index (χ2v) is 3.99. The molecule has 104 valence electrons. The minimum Gasteiger partial charge on any atom is -0.481 e. The summed E-state index contributed by atoms with van der Waals surface area (Å²) in [4.78, 5) is 33.0. The van der Waals surface area contributed by atoms with Gasteiger partial charge in [0.25, 0.3) is 0 Å². The van der Waals surface area contributed by atoms with Gasteiger partial charge in [-0.1, -0.05) is 13.8 Å². The Morgan fingerprint density at radius 2 is 1.83 bits per heavy atom. The first-order valence-electron chi connectivity index (χ1n) is 5.80. The fraction of sp³-hybridized carbons (Fsp3) is 0.727. The number of amides is 2. The van der Waals surface area contributed by atoms with E-state index in [-0.39, 0.29) is 25.5 Å². The van der Waals surface area contributed by atoms with Crippen molar-refractivity contribution in [3.63, 3.8) is 0 Å². The molecule has 7 nitrogen and oxygen atoms in total. The number of carbonyl (C=O) groups is 3. The highest BCUT2D eigenvalue weighted by atomic mass is 16.5. The summed E-state index contributed by atoms with van der Waals surface area (Å²) in [7, 11) is 0. The predicted octanol–water partition coefficient (Wildman–Crippen LogP) is 0.479. The van der Waals surface area contributed by atoms with Crippen molar-refractivity contribution < 1.29 is 24.2 Å². The van der Waals surface area contributed by atoms with Crippen LogP contribution in [0.2, 0.25) is 0 Å². The molecule has 18 heavy (non-hydrogen) atoms. The number of rotatable bonds is 8. The zero-order valence-corrected chi connectivity index (χ0v) is 10.7. The average Bonchev–Trinajstić information content (AvgIpc) is 2.31. The van der Waals surface area contributed by atoms with Crippen LogP contribution in [0.5, 0.6) is 0 Å². The first kappa shape index (κ1) is 16.2. The lowest BCUT2D eigenvalue weighted by molar-refractivity contribution is -0.152. The molecule has 0 atom stereocenters. The molecule has 0 rings (SSSR count). The molecule has 0 aliphatic heterocycles. The summed E-state index contributed by atoms with van der Waals surface area (Å²) in [5.74, 6) is -1.36. The van der Waals surface area contributed by atoms with E-state index in [1.54, 1.807) is 13.8 Å². The number of carbonyl (C=O) groups excluding carboxylic acids is 2. The van der Waals surface area contributed by atoms with Crippen molar-refractivity contribution in [2.24, 2.45) is 11.1 Å². The van der Waals surface area contributed by atoms with E-state index >= 15 is 0 Å². The fourth-order valence-corrected chi connectivity index (χ4v) is 1.59. The standard InChI is InChI=1S/C11H20N2O5/c1-3-11(4-2,9(15)16)7-8(14)13-5-6-18-10(12)17/h3-7H2,1-2H3,(H2,12,17)(H,13,14)(H,15,16). The van der Waals surface area contributed by atoms with Gasteiger partial charge in [0.05, 0.1) is 12.0 Å². The first-order chi connectivity index (χ1) is 8.38. The third-order valence-corrected chi connectivity index (χ3v) is 2.97. The SMILES string of the molecule is CCC(CC)(CC(=O)NCCOC(N)=O)C(=O)O. The molecule has 0 aliphatic carbocycles. The molecule has 0 unspecified atom stereocenters. The second-order valence-electron chi connectivity index (χ2n) is 3.99. The zero-order chi connectivity index (χ0) is 14.2. The van der Waals surface area contributed by atoms with Gasteiger partial charge in [0.2, 0.25) is 5.91 Å². The maximum atomic E-state index is 11.6. The summed E-state index contributed by atoms with van der Waals surface area (Å²) >= 11 is 0. The molecular formula is C11H20N2O5. The highest BCUT2D eigenvalue weighted by Crippen LogP contribution is 2.30. The van der Waals surface area contributed by atoms with Gasteiger partial charge in [-0.15, -0.1) is 0 Å². The van der Waals surface area contributed by atoms with Gasteiger partial charge in [-0.25, -0.2) is 4.79 Å². The van der Waals surface area contributed by atoms with Crippen LogP contribution in [-0.2, 0) is 14.3 Å². The van der Waals surface area contributed by atoms with E-state index in [9.17, 15) is 14.4 Å². The summed E-state index contributed by atoms with van der Waals surface area (Å²) in [6.07, 6.45) is -0.244. The van der Waals surface area contributed by atoms with Crippen molar-refractivity contribution in [2.75, 3.05) is 13.2 Å². The number of hydrogen-bond donors (Lipinski definition) is 3. The molecule has 0 fully saturated rings. The Hall–Kier alpha value is -1.79. The lowest BCUT2D eigenvalue weighted by atomic mass is 9.79. The molecule has 4 N–H and O–H groups in total. The Labute approximate surface area is 106 Å². The number of nitrogens with two attached hydrogens (primary N) is 1. The van der Waals surface area contributed by atoms with Crippen LogP contribution in [0.1, 0.15) is 33.1 Å². The molecule has 7 heteroatoms. The second kappa shape index (κ2) is 7.52. The number of hydrogen-bond acceptors (Lipinski definition) is 4. The molecule has 0 aliphatic rings. The topological polar surface area (TPSA) is 119 Å². The number of aliphatic carboxylic acids is 1. The Bertz CT molecular complexity index is 313. The van der Waals surface area contributed by atoms with E-state index in [0.29, 0.717) is 12.8 Å². The number of nitrogens with one attached hydrogen (secondary N) is 1. The van der Waals surface area contributed by atoms with Gasteiger partial charge in [0.1, 0.15) is 6.61 Å². The Kier molecular flexibility index (Phi) is 6.77. The van der Waals surface area contributed by atoms with E-state index in [4.69, 9.17) is 10.8 Å². The number of ether oxygens (including phenoxy) is 1. The molecule has 0 saturated carbocycles. The van der Waals surface area contributed by atoms with Gasteiger partial charge in [0.15, 0.2) is 0 Å². The maximum Gasteiger partial charge on any atom is 0.404 e. The maximum absolute atomic E-state index is 11.6. The van der Waals surface area contributed by atoms with Gasteiger partial charge in [-0.05, 0) is 12.8 Å². The first-order valence-corrected chi connectivity index (χ1v) is 5.80. The Morgan fingerprint density at radius 1 is 1.28 bits per heavy atom. The quantitative estimate of drug-likeness (QED) is 0.548. The van der Waals surface area contributed by atoms with Crippen molar-refractivity contribution in [3.05, 3.63) is 0 Å². The van der Waals surface area contributed by atoms with E-state index in [1.807, 2.05) is 0 Å². The Balaban J connectivity index is 4.19. The van der Waals surface area contributed by atoms with E-state index in [0.717, 1.165) is 0 Å². The van der Waals surface area contributed by atoms with Crippen LogP contribution >= 0.6 is 0 Å². The molecule has 0 spiro atoms. The monoisotopic (exact) mass is 260 g/mol. The van der Waals surface area contributed by atoms with Gasteiger partial charge < -0.3 is 20.9 Å². The molecule has 0 heterocycles. The van der Waals surface area contributed by atoms with Crippen LogP contribution in [0.4, 0.5) is 4.79 Å². The summed E-state index contributed by atoms with van der Waals surface area (Å²) in [5.41, 5.74) is 3.71. The van der Waals surface area contributed by atoms with Gasteiger partial charge >= 0.3 is 12.1 Å². The van der Waals surface area contributed by atoms with Crippen molar-refractivity contribution >= 4 is 18.0 Å². The number of primary amides is 1. The third-order valence-electron chi connectivity index (χ3n) is 2.97.